The summed E-state index contributed by atoms with van der Waals surface area (Å²) < 4.78 is 46.0. The fourth-order valence-corrected chi connectivity index (χ4v) is 5.63. The molecule has 1 aromatic carbocycles. The van der Waals surface area contributed by atoms with Crippen LogP contribution in [-0.4, -0.2) is 110 Å². The Balaban J connectivity index is 0.00000484. The average Bonchev–Trinajstić information content (AvgIpc) is 3.34. The van der Waals surface area contributed by atoms with Crippen LogP contribution in [0.1, 0.15) is 42.6 Å². The highest BCUT2D eigenvalue weighted by Crippen LogP contribution is 2.27. The minimum atomic E-state index is -0.991. The molecular weight excluding hydrogens is 574 g/mol. The number of ether oxygens (including phenoxy) is 3. The zero-order valence-electron chi connectivity index (χ0n) is 24.0. The molecule has 2 aromatic rings. The number of amides is 2. The van der Waals surface area contributed by atoms with Crippen molar-refractivity contribution < 1.29 is 37.7 Å². The molecule has 0 spiro atoms. The van der Waals surface area contributed by atoms with Crippen LogP contribution in [0.15, 0.2) is 18.2 Å². The molecule has 4 rings (SSSR count). The highest BCUT2D eigenvalue weighted by molar-refractivity contribution is 5.99. The van der Waals surface area contributed by atoms with Crippen molar-refractivity contribution in [1.29, 1.82) is 0 Å². The third-order valence-corrected chi connectivity index (χ3v) is 7.92. The topological polar surface area (TPSA) is 119 Å². The van der Waals surface area contributed by atoms with Crippen LogP contribution in [0.25, 0.3) is 10.9 Å². The molecule has 1 saturated heterocycles. The van der Waals surface area contributed by atoms with E-state index in [1.807, 2.05) is 0 Å². The summed E-state index contributed by atoms with van der Waals surface area (Å²) in [4.78, 5) is 30.1. The molecule has 1 aliphatic heterocycles. The zero-order valence-corrected chi connectivity index (χ0v) is 24.8. The number of hydrogen-bond donors (Lipinski definition) is 2. The van der Waals surface area contributed by atoms with E-state index >= 15 is 0 Å². The van der Waals surface area contributed by atoms with Gasteiger partial charge in [0.05, 0.1) is 57.8 Å². The predicted molar refractivity (Wildman–Crippen MR) is 156 cm³/mol. The summed E-state index contributed by atoms with van der Waals surface area (Å²) in [6.07, 6.45) is 5.37. The number of piperazine rings is 1. The monoisotopic (exact) mass is 616 g/mol. The molecule has 1 saturated carbocycles. The van der Waals surface area contributed by atoms with Crippen LogP contribution in [0.4, 0.5) is 8.78 Å². The fraction of sp³-hybridized carbons (Fsp3) is 0.655. The van der Waals surface area contributed by atoms with Crippen molar-refractivity contribution in [2.45, 2.75) is 44.7 Å². The van der Waals surface area contributed by atoms with Gasteiger partial charge in [0.15, 0.2) is 11.6 Å². The quantitative estimate of drug-likeness (QED) is 0.313. The molecule has 3 N–H and O–H groups in total. The number of aliphatic hydroxyl groups excluding tert-OH is 1. The summed E-state index contributed by atoms with van der Waals surface area (Å²) in [7, 11) is 0. The van der Waals surface area contributed by atoms with Crippen molar-refractivity contribution in [2.24, 2.45) is 11.7 Å². The number of halogens is 3. The summed E-state index contributed by atoms with van der Waals surface area (Å²) in [5.41, 5.74) is 7.05. The molecule has 1 atom stereocenters. The molecular formula is C29H43ClF2N4O6. The lowest BCUT2D eigenvalue weighted by Crippen LogP contribution is -2.56. The second kappa shape index (κ2) is 17.1. The summed E-state index contributed by atoms with van der Waals surface area (Å²) in [6.45, 7) is 3.59. The van der Waals surface area contributed by atoms with Crippen molar-refractivity contribution in [3.05, 3.63) is 35.5 Å². The average molecular weight is 617 g/mol. The van der Waals surface area contributed by atoms with Crippen molar-refractivity contribution in [3.8, 4) is 0 Å². The van der Waals surface area contributed by atoms with Crippen molar-refractivity contribution in [1.82, 2.24) is 14.4 Å². The van der Waals surface area contributed by atoms with E-state index in [1.54, 1.807) is 20.4 Å². The largest absolute Gasteiger partial charge is 0.394 e. The Morgan fingerprint density at radius 3 is 2.07 bits per heavy atom. The molecule has 2 amide bonds. The van der Waals surface area contributed by atoms with E-state index in [-0.39, 0.29) is 56.5 Å². The van der Waals surface area contributed by atoms with E-state index in [4.69, 9.17) is 25.1 Å². The van der Waals surface area contributed by atoms with Gasteiger partial charge >= 0.3 is 0 Å². The number of nitrogens with zero attached hydrogens (tertiary/aromatic N) is 3. The third-order valence-electron chi connectivity index (χ3n) is 7.92. The minimum Gasteiger partial charge on any atom is -0.394 e. The first-order valence-electron chi connectivity index (χ1n) is 14.6. The first kappa shape index (κ1) is 34.1. The molecule has 42 heavy (non-hydrogen) atoms. The van der Waals surface area contributed by atoms with Crippen LogP contribution < -0.4 is 5.73 Å². The Labute approximate surface area is 251 Å². The Hall–Kier alpha value is -2.35. The highest BCUT2D eigenvalue weighted by atomic mass is 35.5. The number of aromatic nitrogens is 1. The van der Waals surface area contributed by atoms with Gasteiger partial charge in [0.1, 0.15) is 5.69 Å². The second-order valence-corrected chi connectivity index (χ2v) is 10.6. The number of carbonyl (C=O) groups excluding carboxylic acids is 2. The normalized spacial score (nSPS) is 17.0. The van der Waals surface area contributed by atoms with Gasteiger partial charge in [-0.05, 0) is 30.9 Å². The van der Waals surface area contributed by atoms with Gasteiger partial charge < -0.3 is 39.4 Å². The number of rotatable bonds is 14. The number of fused-ring (bicyclic) bond motifs is 1. The fourth-order valence-electron chi connectivity index (χ4n) is 5.63. The van der Waals surface area contributed by atoms with Crippen molar-refractivity contribution in [2.75, 3.05) is 72.4 Å². The van der Waals surface area contributed by atoms with E-state index in [0.29, 0.717) is 69.2 Å². The SMILES string of the molecule is Cl.NC(C(=O)N1CCN(C(=O)c2cc3cc(F)c(F)cc3n2CCOCCOCCOCCO)CC1)C1CCCCC1. The van der Waals surface area contributed by atoms with Crippen LogP contribution in [0, 0.1) is 17.6 Å². The predicted octanol–water partition coefficient (Wildman–Crippen LogP) is 2.58. The molecule has 2 heterocycles. The van der Waals surface area contributed by atoms with Crippen LogP contribution in [0.5, 0.6) is 0 Å². The van der Waals surface area contributed by atoms with Gasteiger partial charge in [-0.3, -0.25) is 9.59 Å². The van der Waals surface area contributed by atoms with E-state index in [1.165, 1.54) is 6.42 Å². The van der Waals surface area contributed by atoms with Gasteiger partial charge in [0, 0.05) is 44.2 Å². The summed E-state index contributed by atoms with van der Waals surface area (Å²) in [5.74, 6) is -2.08. The maximum Gasteiger partial charge on any atom is 0.270 e. The lowest BCUT2D eigenvalue weighted by Gasteiger charge is -2.37. The Morgan fingerprint density at radius 1 is 0.857 bits per heavy atom. The smallest absolute Gasteiger partial charge is 0.270 e. The first-order chi connectivity index (χ1) is 19.9. The summed E-state index contributed by atoms with van der Waals surface area (Å²) >= 11 is 0. The molecule has 2 aliphatic rings. The summed E-state index contributed by atoms with van der Waals surface area (Å²) in [5, 5.41) is 9.11. The van der Waals surface area contributed by atoms with Crippen molar-refractivity contribution >= 4 is 35.1 Å². The van der Waals surface area contributed by atoms with E-state index in [0.717, 1.165) is 37.8 Å². The van der Waals surface area contributed by atoms with Gasteiger partial charge in [-0.15, -0.1) is 12.4 Å². The molecule has 1 unspecified atom stereocenters. The zero-order chi connectivity index (χ0) is 29.2. The first-order valence-corrected chi connectivity index (χ1v) is 14.6. The van der Waals surface area contributed by atoms with Gasteiger partial charge in [0.25, 0.3) is 5.91 Å². The maximum absolute atomic E-state index is 14.1. The lowest BCUT2D eigenvalue weighted by atomic mass is 9.83. The van der Waals surface area contributed by atoms with E-state index < -0.39 is 17.7 Å². The molecule has 1 aliphatic carbocycles. The molecule has 0 bridgehead atoms. The lowest BCUT2D eigenvalue weighted by molar-refractivity contribution is -0.135. The van der Waals surface area contributed by atoms with Crippen LogP contribution in [0.2, 0.25) is 0 Å². The Morgan fingerprint density at radius 2 is 1.43 bits per heavy atom. The second-order valence-electron chi connectivity index (χ2n) is 10.6. The standard InChI is InChI=1S/C29H42F2N4O6.ClH/c30-23-18-22-19-26(35(25(22)20-24(23)31)10-12-39-14-16-41-17-15-40-13-11-36)28(37)33-6-8-34(9-7-33)29(38)27(32)21-4-2-1-3-5-21;/h18-21,27,36H,1-17,32H2;1H. The van der Waals surface area contributed by atoms with Crippen LogP contribution in [-0.2, 0) is 25.5 Å². The minimum absolute atomic E-state index is 0. The van der Waals surface area contributed by atoms with E-state index in [9.17, 15) is 18.4 Å². The third kappa shape index (κ3) is 8.84. The maximum atomic E-state index is 14.1. The Kier molecular flexibility index (Phi) is 13.9. The highest BCUT2D eigenvalue weighted by Gasteiger charge is 2.33. The number of benzene rings is 1. The Bertz CT molecular complexity index is 1150. The van der Waals surface area contributed by atoms with Gasteiger partial charge in [-0.2, -0.15) is 0 Å². The molecule has 0 radical (unpaired) electrons. The summed E-state index contributed by atoms with van der Waals surface area (Å²) in [6, 6.07) is 3.26. The van der Waals surface area contributed by atoms with Gasteiger partial charge in [-0.1, -0.05) is 19.3 Å². The molecule has 236 valence electrons. The molecule has 2 fully saturated rings. The van der Waals surface area contributed by atoms with Crippen LogP contribution in [0.3, 0.4) is 0 Å². The molecule has 13 heteroatoms. The van der Waals surface area contributed by atoms with Gasteiger partial charge in [0.2, 0.25) is 5.91 Å². The molecule has 1 aromatic heterocycles. The number of hydrogen-bond acceptors (Lipinski definition) is 7. The number of carbonyl (C=O) groups is 2. The number of aliphatic hydroxyl groups is 1. The van der Waals surface area contributed by atoms with Crippen molar-refractivity contribution in [3.63, 3.8) is 0 Å². The molecule has 10 nitrogen and oxygen atoms in total. The van der Waals surface area contributed by atoms with E-state index in [2.05, 4.69) is 0 Å². The number of nitrogens with two attached hydrogens (primary N) is 1. The van der Waals surface area contributed by atoms with Gasteiger partial charge in [-0.25, -0.2) is 8.78 Å². The van der Waals surface area contributed by atoms with Crippen LogP contribution >= 0.6 is 12.4 Å².